The Morgan fingerprint density at radius 3 is 2.50 bits per heavy atom. The highest BCUT2D eigenvalue weighted by molar-refractivity contribution is 7.92. The Balaban J connectivity index is 1.76. The molecule has 0 spiro atoms. The van der Waals surface area contributed by atoms with Gasteiger partial charge in [0.05, 0.1) is 11.0 Å². The number of likely N-dealkylation sites (N-methyl/N-ethyl adjacent to an activating group) is 1. The van der Waals surface area contributed by atoms with Crippen molar-refractivity contribution in [1.82, 2.24) is 14.2 Å². The van der Waals surface area contributed by atoms with E-state index in [1.807, 2.05) is 19.0 Å². The summed E-state index contributed by atoms with van der Waals surface area (Å²) in [4.78, 5) is 8.51. The molecule has 2 fully saturated rings. The number of rotatable bonds is 4. The minimum absolute atomic E-state index is 0.0929. The van der Waals surface area contributed by atoms with Crippen LogP contribution in [0.5, 0.6) is 0 Å². The van der Waals surface area contributed by atoms with Gasteiger partial charge in [-0.3, -0.25) is 0 Å². The first-order chi connectivity index (χ1) is 13.1. The van der Waals surface area contributed by atoms with Gasteiger partial charge in [0.2, 0.25) is 10.0 Å². The van der Waals surface area contributed by atoms with Crippen LogP contribution in [0.2, 0.25) is 0 Å². The molecule has 0 N–H and O–H groups in total. The second-order valence-electron chi connectivity index (χ2n) is 7.95. The van der Waals surface area contributed by atoms with Crippen LogP contribution < -0.4 is 4.90 Å². The van der Waals surface area contributed by atoms with Crippen molar-refractivity contribution in [3.8, 4) is 0 Å². The fourth-order valence-corrected chi connectivity index (χ4v) is 6.49. The van der Waals surface area contributed by atoms with E-state index in [2.05, 4.69) is 9.88 Å². The molecule has 2 atom stereocenters. The molecule has 1 aromatic rings. The third-order valence-electron chi connectivity index (χ3n) is 5.76. The fraction of sp³-hybridized carbons (Fsp3) is 0.722. The number of anilines is 1. The molecule has 2 aliphatic rings. The Kier molecular flexibility index (Phi) is 6.33. The first kappa shape index (κ1) is 21.5. The number of sulfone groups is 1. The summed E-state index contributed by atoms with van der Waals surface area (Å²) in [5.41, 5.74) is 0. The molecular formula is C18H30N4O4S2. The molecule has 8 nitrogen and oxygen atoms in total. The van der Waals surface area contributed by atoms with Crippen molar-refractivity contribution < 1.29 is 16.8 Å². The Labute approximate surface area is 168 Å². The van der Waals surface area contributed by atoms with Gasteiger partial charge in [0.25, 0.3) is 0 Å². The lowest BCUT2D eigenvalue weighted by Crippen LogP contribution is -2.45. The molecule has 3 rings (SSSR count). The summed E-state index contributed by atoms with van der Waals surface area (Å²) in [6.45, 7) is 3.45. The van der Waals surface area contributed by atoms with E-state index in [4.69, 9.17) is 0 Å². The zero-order chi connectivity index (χ0) is 20.5. The van der Waals surface area contributed by atoms with E-state index >= 15 is 0 Å². The second-order valence-corrected chi connectivity index (χ2v) is 12.4. The number of hydrogen-bond donors (Lipinski definition) is 0. The van der Waals surface area contributed by atoms with Crippen molar-refractivity contribution in [2.24, 2.45) is 0 Å². The molecule has 1 unspecified atom stereocenters. The van der Waals surface area contributed by atoms with Crippen LogP contribution in [0.1, 0.15) is 26.2 Å². The van der Waals surface area contributed by atoms with Crippen LogP contribution in [0.15, 0.2) is 23.2 Å². The van der Waals surface area contributed by atoms with Crippen molar-refractivity contribution >= 4 is 25.7 Å². The molecule has 0 aromatic carbocycles. The highest BCUT2D eigenvalue weighted by Crippen LogP contribution is 2.24. The summed E-state index contributed by atoms with van der Waals surface area (Å²) in [6, 6.07) is 3.47. The molecule has 28 heavy (non-hydrogen) atoms. The predicted octanol–water partition coefficient (Wildman–Crippen LogP) is 0.810. The standard InChI is InChI=1S/C18H30N4O4S2/c1-15-13-21(10-11-27(15,23)24)18-8-7-17(12-19-18)28(25,26)22-9-5-4-6-16(14-22)20(2)3/h7-8,12,15-16H,4-6,9-11,13-14H2,1-3H3/t15-,16?/m1/s1. The van der Waals surface area contributed by atoms with Gasteiger partial charge in [-0.1, -0.05) is 6.42 Å². The van der Waals surface area contributed by atoms with Crippen LogP contribution in [0.25, 0.3) is 0 Å². The molecule has 158 valence electrons. The van der Waals surface area contributed by atoms with Crippen LogP contribution in [-0.2, 0) is 19.9 Å². The largest absolute Gasteiger partial charge is 0.354 e. The molecule has 1 aromatic heterocycles. The summed E-state index contributed by atoms with van der Waals surface area (Å²) < 4.78 is 51.6. The lowest BCUT2D eigenvalue weighted by atomic mass is 10.1. The van der Waals surface area contributed by atoms with E-state index in [0.717, 1.165) is 19.3 Å². The summed E-state index contributed by atoms with van der Waals surface area (Å²) in [7, 11) is -2.67. The molecule has 2 aliphatic heterocycles. The fourth-order valence-electron chi connectivity index (χ4n) is 3.75. The summed E-state index contributed by atoms with van der Waals surface area (Å²) in [6.07, 6.45) is 4.26. The smallest absolute Gasteiger partial charge is 0.244 e. The van der Waals surface area contributed by atoms with Gasteiger partial charge in [0, 0.05) is 38.4 Å². The van der Waals surface area contributed by atoms with Crippen molar-refractivity contribution in [1.29, 1.82) is 0 Å². The maximum absolute atomic E-state index is 13.1. The summed E-state index contributed by atoms with van der Waals surface area (Å²) in [5.74, 6) is 0.706. The third-order valence-corrected chi connectivity index (χ3v) is 9.73. The average molecular weight is 431 g/mol. The van der Waals surface area contributed by atoms with Crippen molar-refractivity contribution in [3.05, 3.63) is 18.3 Å². The molecular weight excluding hydrogens is 400 g/mol. The van der Waals surface area contributed by atoms with E-state index in [0.29, 0.717) is 32.0 Å². The number of aromatic nitrogens is 1. The van der Waals surface area contributed by atoms with E-state index in [-0.39, 0.29) is 16.7 Å². The highest BCUT2D eigenvalue weighted by atomic mass is 32.2. The van der Waals surface area contributed by atoms with Crippen LogP contribution in [0, 0.1) is 0 Å². The monoisotopic (exact) mass is 430 g/mol. The van der Waals surface area contributed by atoms with Crippen molar-refractivity contribution in [2.45, 2.75) is 42.4 Å². The number of sulfonamides is 1. The normalized spacial score (nSPS) is 26.9. The van der Waals surface area contributed by atoms with Crippen molar-refractivity contribution in [2.75, 3.05) is 50.9 Å². The molecule has 2 saturated heterocycles. The van der Waals surface area contributed by atoms with Crippen LogP contribution >= 0.6 is 0 Å². The average Bonchev–Trinajstić information content (AvgIpc) is 2.91. The molecule has 0 amide bonds. The van der Waals surface area contributed by atoms with Gasteiger partial charge in [-0.15, -0.1) is 0 Å². The predicted molar refractivity (Wildman–Crippen MR) is 110 cm³/mol. The molecule has 10 heteroatoms. The summed E-state index contributed by atoms with van der Waals surface area (Å²) in [5, 5.41) is -0.452. The van der Waals surface area contributed by atoms with Crippen LogP contribution in [0.4, 0.5) is 5.82 Å². The zero-order valence-electron chi connectivity index (χ0n) is 16.8. The maximum Gasteiger partial charge on any atom is 0.244 e. The van der Waals surface area contributed by atoms with E-state index in [1.54, 1.807) is 23.4 Å². The third kappa shape index (κ3) is 4.50. The minimum Gasteiger partial charge on any atom is -0.354 e. The zero-order valence-corrected chi connectivity index (χ0v) is 18.4. The summed E-state index contributed by atoms with van der Waals surface area (Å²) >= 11 is 0. The van der Waals surface area contributed by atoms with Crippen molar-refractivity contribution in [3.63, 3.8) is 0 Å². The first-order valence-corrected chi connectivity index (χ1v) is 12.9. The van der Waals surface area contributed by atoms with Gasteiger partial charge in [-0.2, -0.15) is 4.31 Å². The van der Waals surface area contributed by atoms with Gasteiger partial charge in [-0.05, 0) is 46.0 Å². The molecule has 0 bridgehead atoms. The second kappa shape index (κ2) is 8.25. The van der Waals surface area contributed by atoms with Gasteiger partial charge in [0.1, 0.15) is 10.7 Å². The van der Waals surface area contributed by atoms with Gasteiger partial charge >= 0.3 is 0 Å². The van der Waals surface area contributed by atoms with Gasteiger partial charge in [-0.25, -0.2) is 21.8 Å². The van der Waals surface area contributed by atoms with Crippen LogP contribution in [-0.4, -0.2) is 88.3 Å². The Morgan fingerprint density at radius 1 is 1.14 bits per heavy atom. The van der Waals surface area contributed by atoms with E-state index < -0.39 is 25.1 Å². The molecule has 0 aliphatic carbocycles. The Hall–Kier alpha value is -1.23. The highest BCUT2D eigenvalue weighted by Gasteiger charge is 2.32. The number of hydrogen-bond acceptors (Lipinski definition) is 7. The minimum atomic E-state index is -3.60. The lowest BCUT2D eigenvalue weighted by Gasteiger charge is -2.32. The SMILES string of the molecule is C[C@@H]1CN(c2ccc(S(=O)(=O)N3CCCCC(N(C)C)C3)cn2)CCS1(=O)=O. The van der Waals surface area contributed by atoms with Crippen LogP contribution in [0.3, 0.4) is 0 Å². The van der Waals surface area contributed by atoms with Gasteiger partial charge in [0.15, 0.2) is 9.84 Å². The van der Waals surface area contributed by atoms with Gasteiger partial charge < -0.3 is 9.80 Å². The first-order valence-electron chi connectivity index (χ1n) is 9.70. The van der Waals surface area contributed by atoms with E-state index in [9.17, 15) is 16.8 Å². The lowest BCUT2D eigenvalue weighted by molar-refractivity contribution is 0.248. The molecule has 0 radical (unpaired) electrons. The number of nitrogens with zero attached hydrogens (tertiary/aromatic N) is 4. The number of pyridine rings is 1. The molecule has 0 saturated carbocycles. The quantitative estimate of drug-likeness (QED) is 0.698. The molecule has 3 heterocycles. The van der Waals surface area contributed by atoms with E-state index in [1.165, 1.54) is 6.20 Å². The Morgan fingerprint density at radius 2 is 1.89 bits per heavy atom. The topological polar surface area (TPSA) is 90.9 Å². The maximum atomic E-state index is 13.1. The Bertz CT molecular complexity index is 885.